The Morgan fingerprint density at radius 1 is 1.20 bits per heavy atom. The molecule has 0 radical (unpaired) electrons. The fraction of sp³-hybridized carbons (Fsp3) is 0.438. The number of aromatic nitrogens is 2. The number of nitrogens with one attached hydrogen (secondary N) is 1. The predicted octanol–water partition coefficient (Wildman–Crippen LogP) is 2.69. The predicted molar refractivity (Wildman–Crippen MR) is 98.5 cm³/mol. The van der Waals surface area contributed by atoms with E-state index in [1.807, 2.05) is 6.92 Å². The van der Waals surface area contributed by atoms with Crippen molar-refractivity contribution in [1.29, 1.82) is 0 Å². The van der Waals surface area contributed by atoms with Crippen molar-refractivity contribution in [3.8, 4) is 0 Å². The summed E-state index contributed by atoms with van der Waals surface area (Å²) in [7, 11) is -3.62. The zero-order valence-corrected chi connectivity index (χ0v) is 16.4. The number of hydrogen-bond acceptors (Lipinski definition) is 6. The quantitative estimate of drug-likeness (QED) is 0.795. The molecule has 25 heavy (non-hydrogen) atoms. The summed E-state index contributed by atoms with van der Waals surface area (Å²) in [4.78, 5) is 12.6. The fourth-order valence-electron chi connectivity index (χ4n) is 2.33. The Bertz CT molecular complexity index is 858. The lowest BCUT2D eigenvalue weighted by Crippen LogP contribution is -2.30. The molecule has 2 rings (SSSR count). The Morgan fingerprint density at radius 3 is 2.44 bits per heavy atom. The Kier molecular flexibility index (Phi) is 6.26. The van der Waals surface area contributed by atoms with Crippen LogP contribution >= 0.6 is 11.3 Å². The van der Waals surface area contributed by atoms with Crippen molar-refractivity contribution in [2.24, 2.45) is 0 Å². The van der Waals surface area contributed by atoms with Crippen LogP contribution in [-0.2, 0) is 16.4 Å². The van der Waals surface area contributed by atoms with Crippen molar-refractivity contribution < 1.29 is 13.2 Å². The van der Waals surface area contributed by atoms with Gasteiger partial charge in [0.25, 0.3) is 5.91 Å². The van der Waals surface area contributed by atoms with Crippen molar-refractivity contribution in [3.63, 3.8) is 0 Å². The third kappa shape index (κ3) is 4.23. The number of amides is 1. The highest BCUT2D eigenvalue weighted by molar-refractivity contribution is 7.89. The van der Waals surface area contributed by atoms with Crippen LogP contribution in [0.25, 0.3) is 0 Å². The third-order valence-electron chi connectivity index (χ3n) is 3.79. The van der Waals surface area contributed by atoms with Crippen LogP contribution in [0.3, 0.4) is 0 Å². The lowest BCUT2D eigenvalue weighted by atomic mass is 10.1. The van der Waals surface area contributed by atoms with Gasteiger partial charge in [-0.1, -0.05) is 38.2 Å². The second-order valence-electron chi connectivity index (χ2n) is 5.37. The molecular weight excluding hydrogens is 360 g/mol. The van der Waals surface area contributed by atoms with Gasteiger partial charge in [0, 0.05) is 18.7 Å². The van der Waals surface area contributed by atoms with Crippen LogP contribution < -0.4 is 5.32 Å². The molecule has 0 fully saturated rings. The van der Waals surface area contributed by atoms with Crippen LogP contribution in [-0.4, -0.2) is 41.9 Å². The van der Waals surface area contributed by atoms with Crippen molar-refractivity contribution in [3.05, 3.63) is 34.3 Å². The first-order chi connectivity index (χ1) is 11.8. The topological polar surface area (TPSA) is 92.3 Å². The zero-order valence-electron chi connectivity index (χ0n) is 14.7. The van der Waals surface area contributed by atoms with Gasteiger partial charge in [-0.2, -0.15) is 4.31 Å². The maximum absolute atomic E-state index is 12.7. The van der Waals surface area contributed by atoms with Crippen molar-refractivity contribution in [1.82, 2.24) is 14.5 Å². The van der Waals surface area contributed by atoms with E-state index in [2.05, 4.69) is 15.5 Å². The van der Waals surface area contributed by atoms with E-state index in [-0.39, 0.29) is 4.90 Å². The number of nitrogens with zero attached hydrogens (tertiary/aromatic N) is 3. The molecule has 0 saturated carbocycles. The average molecular weight is 383 g/mol. The summed E-state index contributed by atoms with van der Waals surface area (Å²) in [5.41, 5.74) is 0.998. The van der Waals surface area contributed by atoms with Crippen LogP contribution in [0, 0.1) is 6.92 Å². The zero-order chi connectivity index (χ0) is 18.6. The largest absolute Gasteiger partial charge is 0.296 e. The number of carbonyl (C=O) groups is 1. The van der Waals surface area contributed by atoms with Gasteiger partial charge in [-0.25, -0.2) is 8.42 Å². The molecule has 0 unspecified atom stereocenters. The van der Waals surface area contributed by atoms with Gasteiger partial charge in [0.2, 0.25) is 15.2 Å². The molecule has 1 heterocycles. The molecule has 0 aliphatic rings. The number of benzene rings is 1. The summed E-state index contributed by atoms with van der Waals surface area (Å²) >= 11 is 1.30. The number of rotatable bonds is 7. The first-order valence-electron chi connectivity index (χ1n) is 8.07. The maximum Gasteiger partial charge on any atom is 0.257 e. The first kappa shape index (κ1) is 19.5. The van der Waals surface area contributed by atoms with E-state index in [0.717, 1.165) is 11.4 Å². The molecule has 2 aromatic rings. The number of carbonyl (C=O) groups excluding carboxylic acids is 1. The van der Waals surface area contributed by atoms with E-state index in [0.29, 0.717) is 29.3 Å². The molecule has 1 amide bonds. The van der Waals surface area contributed by atoms with Gasteiger partial charge in [0.1, 0.15) is 5.01 Å². The van der Waals surface area contributed by atoms with E-state index in [4.69, 9.17) is 0 Å². The third-order valence-corrected chi connectivity index (χ3v) is 6.82. The summed E-state index contributed by atoms with van der Waals surface area (Å²) in [6, 6.07) is 4.59. The summed E-state index contributed by atoms with van der Waals surface area (Å²) in [5, 5.41) is 11.8. The molecule has 0 atom stereocenters. The normalized spacial score (nSPS) is 11.7. The molecule has 1 aromatic carbocycles. The minimum atomic E-state index is -3.62. The lowest BCUT2D eigenvalue weighted by molar-refractivity contribution is 0.102. The van der Waals surface area contributed by atoms with E-state index in [9.17, 15) is 13.2 Å². The summed E-state index contributed by atoms with van der Waals surface area (Å²) < 4.78 is 26.7. The molecule has 0 bridgehead atoms. The minimum Gasteiger partial charge on any atom is -0.296 e. The fourth-order valence-corrected chi connectivity index (χ4v) is 4.49. The number of sulfonamides is 1. The molecule has 0 spiro atoms. The van der Waals surface area contributed by atoms with E-state index < -0.39 is 15.9 Å². The van der Waals surface area contributed by atoms with Gasteiger partial charge in [-0.3, -0.25) is 10.1 Å². The van der Waals surface area contributed by atoms with Gasteiger partial charge in [-0.05, 0) is 31.0 Å². The van der Waals surface area contributed by atoms with Gasteiger partial charge < -0.3 is 0 Å². The van der Waals surface area contributed by atoms with Crippen molar-refractivity contribution in [2.45, 2.75) is 39.0 Å². The summed E-state index contributed by atoms with van der Waals surface area (Å²) in [5.74, 6) is -0.395. The van der Waals surface area contributed by atoms with Gasteiger partial charge in [0.15, 0.2) is 0 Å². The molecule has 0 aliphatic heterocycles. The Morgan fingerprint density at radius 2 is 1.88 bits per heavy atom. The molecule has 7 nitrogen and oxygen atoms in total. The minimum absolute atomic E-state index is 0.110. The summed E-state index contributed by atoms with van der Waals surface area (Å²) in [6.07, 6.45) is 0.740. The second kappa shape index (κ2) is 8.03. The highest BCUT2D eigenvalue weighted by Crippen LogP contribution is 2.22. The molecule has 9 heteroatoms. The Labute approximate surface area is 152 Å². The van der Waals surface area contributed by atoms with E-state index in [1.165, 1.54) is 27.8 Å². The Balaban J connectivity index is 2.33. The average Bonchev–Trinajstić information content (AvgIpc) is 3.03. The van der Waals surface area contributed by atoms with Gasteiger partial charge in [-0.15, -0.1) is 10.2 Å². The second-order valence-corrected chi connectivity index (χ2v) is 8.37. The summed E-state index contributed by atoms with van der Waals surface area (Å²) in [6.45, 7) is 8.03. The monoisotopic (exact) mass is 382 g/mol. The number of anilines is 1. The highest BCUT2D eigenvalue weighted by Gasteiger charge is 2.23. The smallest absolute Gasteiger partial charge is 0.257 e. The molecule has 1 N–H and O–H groups in total. The van der Waals surface area contributed by atoms with E-state index >= 15 is 0 Å². The standard InChI is InChI=1S/C16H22N4O3S2/c1-5-14-18-19-16(24-14)17-15(21)13-10-12(9-8-11(13)4)25(22,23)20(6-2)7-3/h8-10H,5-7H2,1-4H3,(H,17,19,21). The molecule has 1 aromatic heterocycles. The van der Waals surface area contributed by atoms with Crippen LogP contribution in [0.5, 0.6) is 0 Å². The molecule has 0 aliphatic carbocycles. The van der Waals surface area contributed by atoms with Crippen LogP contribution in [0.2, 0.25) is 0 Å². The maximum atomic E-state index is 12.7. The lowest BCUT2D eigenvalue weighted by Gasteiger charge is -2.19. The molecule has 136 valence electrons. The number of aryl methyl sites for hydroxylation is 2. The molecule has 0 saturated heterocycles. The van der Waals surface area contributed by atoms with Crippen LogP contribution in [0.15, 0.2) is 23.1 Å². The van der Waals surface area contributed by atoms with Gasteiger partial charge in [0.05, 0.1) is 4.90 Å². The van der Waals surface area contributed by atoms with Crippen molar-refractivity contribution in [2.75, 3.05) is 18.4 Å². The number of hydrogen-bond donors (Lipinski definition) is 1. The van der Waals surface area contributed by atoms with Crippen molar-refractivity contribution >= 4 is 32.4 Å². The van der Waals surface area contributed by atoms with Crippen LogP contribution in [0.4, 0.5) is 5.13 Å². The highest BCUT2D eigenvalue weighted by atomic mass is 32.2. The van der Waals surface area contributed by atoms with E-state index in [1.54, 1.807) is 26.8 Å². The molecular formula is C16H22N4O3S2. The SMILES string of the molecule is CCc1nnc(NC(=O)c2cc(S(=O)(=O)N(CC)CC)ccc2C)s1. The first-order valence-corrected chi connectivity index (χ1v) is 10.3. The van der Waals surface area contributed by atoms with Crippen LogP contribution in [0.1, 0.15) is 41.7 Å². The Hall–Kier alpha value is -1.84. The van der Waals surface area contributed by atoms with Gasteiger partial charge >= 0.3 is 0 Å².